The minimum absolute atomic E-state index is 0.374. The lowest BCUT2D eigenvalue weighted by Crippen LogP contribution is -2.29. The first-order valence-electron chi connectivity index (χ1n) is 7.06. The van der Waals surface area contributed by atoms with Crippen molar-refractivity contribution in [2.75, 3.05) is 19.6 Å². The van der Waals surface area contributed by atoms with Crippen molar-refractivity contribution in [3.8, 4) is 0 Å². The van der Waals surface area contributed by atoms with Gasteiger partial charge >= 0.3 is 0 Å². The third-order valence-corrected chi connectivity index (χ3v) is 3.62. The molecular formula is C16H27NO. The molecule has 0 bridgehead atoms. The van der Waals surface area contributed by atoms with E-state index in [2.05, 4.69) is 44.7 Å². The Morgan fingerprint density at radius 1 is 1.17 bits per heavy atom. The van der Waals surface area contributed by atoms with Crippen molar-refractivity contribution in [1.29, 1.82) is 0 Å². The Labute approximate surface area is 112 Å². The molecule has 0 heterocycles. The molecule has 1 aromatic carbocycles. The molecule has 0 aliphatic carbocycles. The summed E-state index contributed by atoms with van der Waals surface area (Å²) in [6, 6.07) is 6.24. The van der Waals surface area contributed by atoms with Gasteiger partial charge in [0.2, 0.25) is 0 Å². The molecule has 1 N–H and O–H groups in total. The van der Waals surface area contributed by atoms with Crippen LogP contribution in [0.15, 0.2) is 18.2 Å². The standard InChI is InChI=1S/C16H27NO/c1-5-7-10-17(6-2)12-16(18)15-9-8-13(3)14(4)11-15/h8-9,11,16,18H,5-7,10,12H2,1-4H3. The molecule has 0 saturated carbocycles. The van der Waals surface area contributed by atoms with E-state index in [1.807, 2.05) is 6.07 Å². The Hall–Kier alpha value is -0.860. The van der Waals surface area contributed by atoms with Crippen LogP contribution in [0.4, 0.5) is 0 Å². The molecule has 1 atom stereocenters. The number of aliphatic hydroxyl groups excluding tert-OH is 1. The van der Waals surface area contributed by atoms with E-state index in [4.69, 9.17) is 0 Å². The first-order valence-corrected chi connectivity index (χ1v) is 7.06. The van der Waals surface area contributed by atoms with Gasteiger partial charge in [-0.2, -0.15) is 0 Å². The Morgan fingerprint density at radius 2 is 1.89 bits per heavy atom. The molecule has 18 heavy (non-hydrogen) atoms. The van der Waals surface area contributed by atoms with Crippen molar-refractivity contribution in [2.24, 2.45) is 0 Å². The highest BCUT2D eigenvalue weighted by atomic mass is 16.3. The summed E-state index contributed by atoms with van der Waals surface area (Å²) in [5.74, 6) is 0. The second-order valence-electron chi connectivity index (χ2n) is 5.11. The highest BCUT2D eigenvalue weighted by Gasteiger charge is 2.12. The van der Waals surface area contributed by atoms with E-state index in [-0.39, 0.29) is 6.10 Å². The van der Waals surface area contributed by atoms with Gasteiger partial charge in [0.05, 0.1) is 6.10 Å². The molecule has 1 unspecified atom stereocenters. The van der Waals surface area contributed by atoms with Crippen LogP contribution in [0.1, 0.15) is 49.5 Å². The van der Waals surface area contributed by atoms with Crippen LogP contribution in [0.2, 0.25) is 0 Å². The van der Waals surface area contributed by atoms with Crippen molar-refractivity contribution in [3.63, 3.8) is 0 Å². The van der Waals surface area contributed by atoms with Crippen LogP contribution in [-0.2, 0) is 0 Å². The zero-order chi connectivity index (χ0) is 13.5. The number of rotatable bonds is 7. The van der Waals surface area contributed by atoms with Crippen LogP contribution >= 0.6 is 0 Å². The van der Waals surface area contributed by atoms with Crippen molar-refractivity contribution >= 4 is 0 Å². The van der Waals surface area contributed by atoms with E-state index < -0.39 is 0 Å². The van der Waals surface area contributed by atoms with Gasteiger partial charge in [-0.1, -0.05) is 38.5 Å². The van der Waals surface area contributed by atoms with Gasteiger partial charge in [-0.15, -0.1) is 0 Å². The normalized spacial score (nSPS) is 13.0. The number of hydrogen-bond acceptors (Lipinski definition) is 2. The quantitative estimate of drug-likeness (QED) is 0.800. The average Bonchev–Trinajstić information content (AvgIpc) is 2.37. The van der Waals surface area contributed by atoms with Gasteiger partial charge in [-0.05, 0) is 50.0 Å². The van der Waals surface area contributed by atoms with E-state index in [1.165, 1.54) is 24.0 Å². The summed E-state index contributed by atoms with van der Waals surface area (Å²) < 4.78 is 0. The molecule has 2 heteroatoms. The second-order valence-corrected chi connectivity index (χ2v) is 5.11. The van der Waals surface area contributed by atoms with Gasteiger partial charge in [0.1, 0.15) is 0 Å². The minimum atomic E-state index is -0.374. The van der Waals surface area contributed by atoms with Crippen molar-refractivity contribution in [2.45, 2.75) is 46.6 Å². The lowest BCUT2D eigenvalue weighted by molar-refractivity contribution is 0.115. The van der Waals surface area contributed by atoms with Gasteiger partial charge in [0.25, 0.3) is 0 Å². The molecule has 1 rings (SSSR count). The van der Waals surface area contributed by atoms with Crippen LogP contribution < -0.4 is 0 Å². The second kappa shape index (κ2) is 7.55. The monoisotopic (exact) mass is 249 g/mol. The van der Waals surface area contributed by atoms with Crippen molar-refractivity contribution in [3.05, 3.63) is 34.9 Å². The number of unbranched alkanes of at least 4 members (excludes halogenated alkanes) is 1. The Bertz CT molecular complexity index is 362. The lowest BCUT2D eigenvalue weighted by atomic mass is 10.0. The van der Waals surface area contributed by atoms with Crippen molar-refractivity contribution < 1.29 is 5.11 Å². The van der Waals surface area contributed by atoms with Crippen LogP contribution in [0.3, 0.4) is 0 Å². The summed E-state index contributed by atoms with van der Waals surface area (Å²) >= 11 is 0. The van der Waals surface area contributed by atoms with E-state index in [9.17, 15) is 5.11 Å². The van der Waals surface area contributed by atoms with Gasteiger partial charge < -0.3 is 10.0 Å². The molecule has 1 aromatic rings. The topological polar surface area (TPSA) is 23.5 Å². The zero-order valence-corrected chi connectivity index (χ0v) is 12.2. The summed E-state index contributed by atoms with van der Waals surface area (Å²) in [5, 5.41) is 10.3. The van der Waals surface area contributed by atoms with Crippen molar-refractivity contribution in [1.82, 2.24) is 4.90 Å². The predicted octanol–water partition coefficient (Wildman–Crippen LogP) is 3.46. The summed E-state index contributed by atoms with van der Waals surface area (Å²) in [4.78, 5) is 2.32. The molecule has 0 aromatic heterocycles. The zero-order valence-electron chi connectivity index (χ0n) is 12.2. The molecule has 0 aliphatic heterocycles. The fourth-order valence-corrected chi connectivity index (χ4v) is 2.08. The fourth-order valence-electron chi connectivity index (χ4n) is 2.08. The molecule has 0 saturated heterocycles. The van der Waals surface area contributed by atoms with Gasteiger partial charge in [0.15, 0.2) is 0 Å². The number of benzene rings is 1. The number of aliphatic hydroxyl groups is 1. The summed E-state index contributed by atoms with van der Waals surface area (Å²) in [6.07, 6.45) is 2.03. The molecule has 102 valence electrons. The number of nitrogens with zero attached hydrogens (tertiary/aromatic N) is 1. The van der Waals surface area contributed by atoms with E-state index in [0.29, 0.717) is 0 Å². The van der Waals surface area contributed by atoms with E-state index in [1.54, 1.807) is 0 Å². The number of aryl methyl sites for hydroxylation is 2. The SMILES string of the molecule is CCCCN(CC)CC(O)c1ccc(C)c(C)c1. The Kier molecular flexibility index (Phi) is 6.37. The first-order chi connectivity index (χ1) is 8.58. The Balaban J connectivity index is 2.62. The molecule has 2 nitrogen and oxygen atoms in total. The van der Waals surface area contributed by atoms with Crippen LogP contribution in [0, 0.1) is 13.8 Å². The minimum Gasteiger partial charge on any atom is -0.387 e. The summed E-state index contributed by atoms with van der Waals surface area (Å²) in [6.45, 7) is 11.4. The average molecular weight is 249 g/mol. The first kappa shape index (κ1) is 15.2. The number of hydrogen-bond donors (Lipinski definition) is 1. The van der Waals surface area contributed by atoms with Gasteiger partial charge in [-0.25, -0.2) is 0 Å². The molecule has 0 fully saturated rings. The molecule has 0 radical (unpaired) electrons. The third-order valence-electron chi connectivity index (χ3n) is 3.62. The molecule has 0 aliphatic rings. The van der Waals surface area contributed by atoms with Crippen LogP contribution in [0.5, 0.6) is 0 Å². The fraction of sp³-hybridized carbons (Fsp3) is 0.625. The van der Waals surface area contributed by atoms with Gasteiger partial charge in [-0.3, -0.25) is 0 Å². The maximum atomic E-state index is 10.3. The largest absolute Gasteiger partial charge is 0.387 e. The predicted molar refractivity (Wildman–Crippen MR) is 77.9 cm³/mol. The smallest absolute Gasteiger partial charge is 0.0917 e. The maximum absolute atomic E-state index is 10.3. The van der Waals surface area contributed by atoms with E-state index in [0.717, 1.165) is 25.2 Å². The van der Waals surface area contributed by atoms with Crippen LogP contribution in [-0.4, -0.2) is 29.6 Å². The van der Waals surface area contributed by atoms with Gasteiger partial charge in [0, 0.05) is 6.54 Å². The molecular weight excluding hydrogens is 222 g/mol. The Morgan fingerprint density at radius 3 is 2.44 bits per heavy atom. The maximum Gasteiger partial charge on any atom is 0.0917 e. The molecule has 0 spiro atoms. The number of likely N-dealkylation sites (N-methyl/N-ethyl adjacent to an activating group) is 1. The summed E-state index contributed by atoms with van der Waals surface area (Å²) in [7, 11) is 0. The van der Waals surface area contributed by atoms with Crippen LogP contribution in [0.25, 0.3) is 0 Å². The highest BCUT2D eigenvalue weighted by Crippen LogP contribution is 2.18. The lowest BCUT2D eigenvalue weighted by Gasteiger charge is -2.24. The van der Waals surface area contributed by atoms with E-state index >= 15 is 0 Å². The third kappa shape index (κ3) is 4.43. The summed E-state index contributed by atoms with van der Waals surface area (Å²) in [5.41, 5.74) is 3.57. The highest BCUT2D eigenvalue weighted by molar-refractivity contribution is 5.31. The molecule has 0 amide bonds.